The number of rotatable bonds is 10. The van der Waals surface area contributed by atoms with Gasteiger partial charge in [-0.3, -0.25) is 13.9 Å². The van der Waals surface area contributed by atoms with E-state index in [1.54, 1.807) is 13.0 Å². The molecule has 1 N–H and O–H groups in total. The van der Waals surface area contributed by atoms with E-state index in [1.165, 1.54) is 48.4 Å². The maximum absolute atomic E-state index is 13.6. The Labute approximate surface area is 216 Å². The minimum Gasteiger partial charge on any atom is -0.495 e. The van der Waals surface area contributed by atoms with Crippen molar-refractivity contribution >= 4 is 39.1 Å². The molecule has 0 unspecified atom stereocenters. The van der Waals surface area contributed by atoms with Crippen LogP contribution in [0.3, 0.4) is 0 Å². The molecular formula is C25H31ClFN3O5S. The molecule has 1 aliphatic rings. The molecule has 2 aromatic carbocycles. The number of nitrogens with zero attached hydrogens (tertiary/aromatic N) is 2. The number of anilines is 1. The van der Waals surface area contributed by atoms with Gasteiger partial charge in [0, 0.05) is 17.6 Å². The highest BCUT2D eigenvalue weighted by Crippen LogP contribution is 2.33. The largest absolute Gasteiger partial charge is 0.495 e. The summed E-state index contributed by atoms with van der Waals surface area (Å²) in [5.74, 6) is -1.15. The van der Waals surface area contributed by atoms with Crippen molar-refractivity contribution in [2.75, 3.05) is 24.2 Å². The monoisotopic (exact) mass is 539 g/mol. The lowest BCUT2D eigenvalue weighted by atomic mass is 10.1. The number of benzene rings is 2. The number of hydrogen-bond donors (Lipinski definition) is 1. The molecule has 3 rings (SSSR count). The van der Waals surface area contributed by atoms with Crippen LogP contribution in [0.4, 0.5) is 10.1 Å². The molecule has 2 amide bonds. The number of carbonyl (C=O) groups excluding carboxylic acids is 2. The van der Waals surface area contributed by atoms with E-state index in [9.17, 15) is 22.4 Å². The van der Waals surface area contributed by atoms with Gasteiger partial charge in [-0.25, -0.2) is 12.8 Å². The summed E-state index contributed by atoms with van der Waals surface area (Å²) >= 11 is 6.10. The van der Waals surface area contributed by atoms with Crippen LogP contribution in [-0.4, -0.2) is 57.1 Å². The van der Waals surface area contributed by atoms with Crippen molar-refractivity contribution in [1.29, 1.82) is 0 Å². The number of hydrogen-bond acceptors (Lipinski definition) is 5. The Morgan fingerprint density at radius 1 is 1.17 bits per heavy atom. The molecular weight excluding hydrogens is 509 g/mol. The SMILES string of the molecule is COc1ccc(Cl)cc1N(CC(=O)N(Cc1ccc(F)cc1)[C@H](C)C(=O)NC1CCCC1)S(C)(=O)=O. The minimum absolute atomic E-state index is 0.0113. The van der Waals surface area contributed by atoms with Gasteiger partial charge in [-0.2, -0.15) is 0 Å². The first kappa shape index (κ1) is 27.7. The first-order chi connectivity index (χ1) is 17.0. The van der Waals surface area contributed by atoms with Gasteiger partial charge in [0.15, 0.2) is 0 Å². The molecule has 196 valence electrons. The van der Waals surface area contributed by atoms with E-state index in [4.69, 9.17) is 16.3 Å². The van der Waals surface area contributed by atoms with Crippen molar-refractivity contribution < 1.29 is 27.1 Å². The van der Waals surface area contributed by atoms with Gasteiger partial charge in [-0.1, -0.05) is 36.6 Å². The summed E-state index contributed by atoms with van der Waals surface area (Å²) in [6, 6.07) is 9.17. The Balaban J connectivity index is 1.92. The Morgan fingerprint density at radius 3 is 2.39 bits per heavy atom. The zero-order valence-corrected chi connectivity index (χ0v) is 22.1. The quantitative estimate of drug-likeness (QED) is 0.496. The molecule has 2 aromatic rings. The summed E-state index contributed by atoms with van der Waals surface area (Å²) in [7, 11) is -2.56. The Morgan fingerprint density at radius 2 is 1.81 bits per heavy atom. The van der Waals surface area contributed by atoms with Gasteiger partial charge in [-0.05, 0) is 55.7 Å². The third-order valence-electron chi connectivity index (χ3n) is 6.22. The number of methoxy groups -OCH3 is 1. The maximum atomic E-state index is 13.6. The van der Waals surface area contributed by atoms with Crippen LogP contribution in [-0.2, 0) is 26.2 Å². The summed E-state index contributed by atoms with van der Waals surface area (Å²) < 4.78 is 45.1. The number of nitrogens with one attached hydrogen (secondary N) is 1. The third kappa shape index (κ3) is 7.10. The second kappa shape index (κ2) is 11.9. The molecule has 0 heterocycles. The lowest BCUT2D eigenvalue weighted by Gasteiger charge is -2.32. The number of carbonyl (C=O) groups is 2. The van der Waals surface area contributed by atoms with Crippen LogP contribution in [0.1, 0.15) is 38.2 Å². The van der Waals surface area contributed by atoms with E-state index < -0.39 is 34.3 Å². The molecule has 1 fully saturated rings. The Kier molecular flexibility index (Phi) is 9.19. The summed E-state index contributed by atoms with van der Waals surface area (Å²) in [4.78, 5) is 28.0. The fourth-order valence-electron chi connectivity index (χ4n) is 4.21. The van der Waals surface area contributed by atoms with Gasteiger partial charge < -0.3 is 15.0 Å². The molecule has 1 atom stereocenters. The van der Waals surface area contributed by atoms with E-state index >= 15 is 0 Å². The zero-order valence-electron chi connectivity index (χ0n) is 20.5. The first-order valence-electron chi connectivity index (χ1n) is 11.6. The van der Waals surface area contributed by atoms with Gasteiger partial charge in [0.05, 0.1) is 19.1 Å². The predicted octanol–water partition coefficient (Wildman–Crippen LogP) is 3.73. The van der Waals surface area contributed by atoms with Crippen LogP contribution < -0.4 is 14.4 Å². The summed E-state index contributed by atoms with van der Waals surface area (Å²) in [5, 5.41) is 3.25. The molecule has 0 bridgehead atoms. The summed E-state index contributed by atoms with van der Waals surface area (Å²) in [6.45, 7) is 0.997. The average molecular weight is 540 g/mol. The first-order valence-corrected chi connectivity index (χ1v) is 13.9. The summed E-state index contributed by atoms with van der Waals surface area (Å²) in [6.07, 6.45) is 4.79. The lowest BCUT2D eigenvalue weighted by Crippen LogP contribution is -2.52. The van der Waals surface area contributed by atoms with Crippen LogP contribution >= 0.6 is 11.6 Å². The smallest absolute Gasteiger partial charge is 0.244 e. The van der Waals surface area contributed by atoms with Crippen LogP contribution in [0.25, 0.3) is 0 Å². The van der Waals surface area contributed by atoms with Crippen LogP contribution in [0.15, 0.2) is 42.5 Å². The van der Waals surface area contributed by atoms with Crippen molar-refractivity contribution in [2.45, 2.75) is 51.2 Å². The fourth-order valence-corrected chi connectivity index (χ4v) is 5.23. The standard InChI is InChI=1S/C25H31ClFN3O5S/c1-17(25(32)28-21-6-4-5-7-21)29(15-18-8-11-20(27)12-9-18)24(31)16-30(36(3,33)34)22-14-19(26)10-13-23(22)35-2/h8-14,17,21H,4-7,15-16H2,1-3H3,(H,28,32)/t17-/m1/s1. The normalized spacial score (nSPS) is 14.8. The van der Waals surface area contributed by atoms with Crippen LogP contribution in [0.5, 0.6) is 5.75 Å². The molecule has 0 saturated heterocycles. The molecule has 11 heteroatoms. The summed E-state index contributed by atoms with van der Waals surface area (Å²) in [5.41, 5.74) is 0.696. The molecule has 8 nitrogen and oxygen atoms in total. The third-order valence-corrected chi connectivity index (χ3v) is 7.59. The average Bonchev–Trinajstić information content (AvgIpc) is 3.33. The predicted molar refractivity (Wildman–Crippen MR) is 137 cm³/mol. The van der Waals surface area contributed by atoms with Gasteiger partial charge in [-0.15, -0.1) is 0 Å². The number of ether oxygens (including phenoxy) is 1. The molecule has 0 aliphatic heterocycles. The van der Waals surface area contributed by atoms with E-state index in [0.717, 1.165) is 36.2 Å². The molecule has 1 saturated carbocycles. The number of amides is 2. The maximum Gasteiger partial charge on any atom is 0.244 e. The topological polar surface area (TPSA) is 96.0 Å². The minimum atomic E-state index is -3.94. The van der Waals surface area contributed by atoms with E-state index in [-0.39, 0.29) is 35.0 Å². The Bertz CT molecular complexity index is 1190. The second-order valence-electron chi connectivity index (χ2n) is 8.90. The Hall–Kier alpha value is -2.85. The highest BCUT2D eigenvalue weighted by molar-refractivity contribution is 7.92. The van der Waals surface area contributed by atoms with Crippen molar-refractivity contribution in [3.8, 4) is 5.75 Å². The molecule has 0 radical (unpaired) electrons. The fraction of sp³-hybridized carbons (Fsp3) is 0.440. The molecule has 0 aromatic heterocycles. The number of halogens is 2. The van der Waals surface area contributed by atoms with Crippen molar-refractivity contribution in [3.63, 3.8) is 0 Å². The molecule has 36 heavy (non-hydrogen) atoms. The molecule has 0 spiro atoms. The van der Waals surface area contributed by atoms with Crippen LogP contribution in [0.2, 0.25) is 5.02 Å². The van der Waals surface area contributed by atoms with Gasteiger partial charge in [0.2, 0.25) is 21.8 Å². The highest BCUT2D eigenvalue weighted by atomic mass is 35.5. The van der Waals surface area contributed by atoms with Crippen molar-refractivity contribution in [1.82, 2.24) is 10.2 Å². The second-order valence-corrected chi connectivity index (χ2v) is 11.2. The van der Waals surface area contributed by atoms with Crippen molar-refractivity contribution in [2.24, 2.45) is 0 Å². The highest BCUT2D eigenvalue weighted by Gasteiger charge is 2.32. The van der Waals surface area contributed by atoms with E-state index in [0.29, 0.717) is 5.56 Å². The lowest BCUT2D eigenvalue weighted by molar-refractivity contribution is -0.139. The van der Waals surface area contributed by atoms with Crippen LogP contribution in [0, 0.1) is 5.82 Å². The van der Waals surface area contributed by atoms with Gasteiger partial charge >= 0.3 is 0 Å². The van der Waals surface area contributed by atoms with Gasteiger partial charge in [0.25, 0.3) is 0 Å². The number of sulfonamides is 1. The van der Waals surface area contributed by atoms with E-state index in [2.05, 4.69) is 5.32 Å². The van der Waals surface area contributed by atoms with Gasteiger partial charge in [0.1, 0.15) is 24.2 Å². The van der Waals surface area contributed by atoms with Crippen molar-refractivity contribution in [3.05, 3.63) is 58.9 Å². The van der Waals surface area contributed by atoms with E-state index in [1.807, 2.05) is 0 Å². The molecule has 1 aliphatic carbocycles. The zero-order chi connectivity index (χ0) is 26.5.